The highest BCUT2D eigenvalue weighted by atomic mass is 35.5. The van der Waals surface area contributed by atoms with Crippen LogP contribution in [0.4, 0.5) is 5.13 Å². The van der Waals surface area contributed by atoms with Crippen molar-refractivity contribution in [1.82, 2.24) is 4.98 Å². The molecule has 0 radical (unpaired) electrons. The quantitative estimate of drug-likeness (QED) is 0.558. The molecule has 15 heavy (non-hydrogen) atoms. The number of aromatic nitrogens is 1. The average Bonchev–Trinajstić information content (AvgIpc) is 2.57. The number of benzene rings is 1. The first-order valence-corrected chi connectivity index (χ1v) is 4.78. The number of aromatic hydroxyl groups is 2. The topological polar surface area (TPSA) is 79.4 Å². The third-order valence-corrected chi connectivity index (χ3v) is 2.47. The first-order chi connectivity index (χ1) is 6.66. The number of rotatable bonds is 1. The van der Waals surface area contributed by atoms with Crippen LogP contribution in [0.5, 0.6) is 11.5 Å². The Balaban J connectivity index is 0.00000112. The van der Waals surface area contributed by atoms with Crippen molar-refractivity contribution in [2.24, 2.45) is 0 Å². The summed E-state index contributed by atoms with van der Waals surface area (Å²) in [6.45, 7) is 0. The Hall–Kier alpha value is -1.46. The summed E-state index contributed by atoms with van der Waals surface area (Å²) in [5.74, 6) is -0.300. The maximum atomic E-state index is 9.26. The van der Waals surface area contributed by atoms with Gasteiger partial charge in [-0.25, -0.2) is 4.98 Å². The lowest BCUT2D eigenvalue weighted by Crippen LogP contribution is -3.00. The van der Waals surface area contributed by atoms with E-state index in [0.29, 0.717) is 10.8 Å². The number of nitrogens with zero attached hydrogens (tertiary/aromatic N) is 1. The maximum absolute atomic E-state index is 9.26. The second-order valence-corrected chi connectivity index (χ2v) is 3.66. The van der Waals surface area contributed by atoms with Gasteiger partial charge in [0.05, 0.1) is 5.69 Å². The Morgan fingerprint density at radius 3 is 2.53 bits per heavy atom. The zero-order valence-corrected chi connectivity index (χ0v) is 9.09. The predicted octanol–water partition coefficient (Wildman–Crippen LogP) is -1.08. The number of phenols is 2. The fraction of sp³-hybridized carbons (Fsp3) is 0. The van der Waals surface area contributed by atoms with Crippen LogP contribution in [0.2, 0.25) is 0 Å². The average molecular weight is 245 g/mol. The van der Waals surface area contributed by atoms with E-state index in [2.05, 4.69) is 4.98 Å². The van der Waals surface area contributed by atoms with Gasteiger partial charge in [-0.05, 0) is 18.2 Å². The highest BCUT2D eigenvalue weighted by molar-refractivity contribution is 7.13. The summed E-state index contributed by atoms with van der Waals surface area (Å²) < 4.78 is 0. The fourth-order valence-corrected chi connectivity index (χ4v) is 1.68. The van der Waals surface area contributed by atoms with E-state index in [1.165, 1.54) is 23.5 Å². The first kappa shape index (κ1) is 11.6. The molecule has 0 saturated heterocycles. The van der Waals surface area contributed by atoms with E-state index >= 15 is 0 Å². The zero-order chi connectivity index (χ0) is 10.1. The molecule has 2 aromatic rings. The summed E-state index contributed by atoms with van der Waals surface area (Å²) in [6, 6.07) is 4.54. The van der Waals surface area contributed by atoms with Crippen molar-refractivity contribution in [2.45, 2.75) is 0 Å². The molecular weight excluding hydrogens is 236 g/mol. The molecule has 0 saturated carbocycles. The van der Waals surface area contributed by atoms with Gasteiger partial charge in [0.1, 0.15) is 0 Å². The molecule has 0 aliphatic rings. The molecule has 80 valence electrons. The SMILES string of the molecule is Nc1nc(-c2ccc(O)c(O)c2)cs1.[Cl-].[H+]. The number of thiazole rings is 1. The van der Waals surface area contributed by atoms with Gasteiger partial charge in [0, 0.05) is 10.9 Å². The third kappa shape index (κ3) is 2.31. The third-order valence-electron chi connectivity index (χ3n) is 1.79. The van der Waals surface area contributed by atoms with Gasteiger partial charge in [-0.15, -0.1) is 11.3 Å². The van der Waals surface area contributed by atoms with E-state index in [1.807, 2.05) is 0 Å². The van der Waals surface area contributed by atoms with Crippen molar-refractivity contribution in [3.8, 4) is 22.8 Å². The van der Waals surface area contributed by atoms with Crippen LogP contribution in [0, 0.1) is 0 Å². The summed E-state index contributed by atoms with van der Waals surface area (Å²) in [6.07, 6.45) is 0. The molecule has 0 atom stereocenters. The molecule has 2 rings (SSSR count). The molecule has 1 heterocycles. The van der Waals surface area contributed by atoms with Gasteiger partial charge >= 0.3 is 1.43 Å². The second-order valence-electron chi connectivity index (χ2n) is 2.77. The Kier molecular flexibility index (Phi) is 3.39. The molecule has 0 fully saturated rings. The number of hydrogen-bond donors (Lipinski definition) is 3. The molecule has 1 aromatic heterocycles. The number of anilines is 1. The monoisotopic (exact) mass is 244 g/mol. The number of hydrogen-bond acceptors (Lipinski definition) is 5. The first-order valence-electron chi connectivity index (χ1n) is 3.90. The van der Waals surface area contributed by atoms with E-state index in [-0.39, 0.29) is 25.3 Å². The Morgan fingerprint density at radius 1 is 1.27 bits per heavy atom. The molecule has 0 unspecified atom stereocenters. The maximum Gasteiger partial charge on any atom is 1.00 e. The van der Waals surface area contributed by atoms with E-state index in [0.717, 1.165) is 5.56 Å². The Bertz CT molecular complexity index is 478. The van der Waals surface area contributed by atoms with Crippen LogP contribution in [-0.2, 0) is 0 Å². The van der Waals surface area contributed by atoms with Gasteiger partial charge in [0.15, 0.2) is 16.6 Å². The summed E-state index contributed by atoms with van der Waals surface area (Å²) >= 11 is 1.33. The number of nitrogens with two attached hydrogens (primary N) is 1. The number of halogens is 1. The minimum Gasteiger partial charge on any atom is -1.00 e. The van der Waals surface area contributed by atoms with Crippen molar-refractivity contribution in [3.05, 3.63) is 23.6 Å². The van der Waals surface area contributed by atoms with Crippen molar-refractivity contribution in [3.63, 3.8) is 0 Å². The van der Waals surface area contributed by atoms with Gasteiger partial charge in [-0.3, -0.25) is 0 Å². The molecule has 0 bridgehead atoms. The van der Waals surface area contributed by atoms with Crippen molar-refractivity contribution >= 4 is 16.5 Å². The van der Waals surface area contributed by atoms with Crippen molar-refractivity contribution in [1.29, 1.82) is 0 Å². The molecule has 0 amide bonds. The summed E-state index contributed by atoms with van der Waals surface area (Å²) in [5, 5.41) is 20.6. The smallest absolute Gasteiger partial charge is 1.00 e. The van der Waals surface area contributed by atoms with Crippen molar-refractivity contribution in [2.75, 3.05) is 5.73 Å². The van der Waals surface area contributed by atoms with E-state index < -0.39 is 0 Å². The molecule has 4 N–H and O–H groups in total. The largest absolute Gasteiger partial charge is 1.00 e. The molecule has 6 heteroatoms. The minimum absolute atomic E-state index is 0. The van der Waals surface area contributed by atoms with Gasteiger partial charge in [-0.1, -0.05) is 0 Å². The standard InChI is InChI=1S/C9H8N2O2S.ClH/c10-9-11-6(4-14-9)5-1-2-7(12)8(13)3-5;/h1-4,12-13H,(H2,10,11);1H. The van der Waals surface area contributed by atoms with Crippen LogP contribution in [0.3, 0.4) is 0 Å². The van der Waals surface area contributed by atoms with Crippen LogP contribution >= 0.6 is 11.3 Å². The van der Waals surface area contributed by atoms with Crippen LogP contribution in [0.25, 0.3) is 11.3 Å². The van der Waals surface area contributed by atoms with Gasteiger partial charge in [-0.2, -0.15) is 0 Å². The predicted molar refractivity (Wildman–Crippen MR) is 56.4 cm³/mol. The highest BCUT2D eigenvalue weighted by Crippen LogP contribution is 2.31. The van der Waals surface area contributed by atoms with Crippen LogP contribution < -0.4 is 18.1 Å². The summed E-state index contributed by atoms with van der Waals surface area (Å²) in [5.41, 5.74) is 6.91. The summed E-state index contributed by atoms with van der Waals surface area (Å²) in [7, 11) is 0. The lowest BCUT2D eigenvalue weighted by atomic mass is 10.1. The van der Waals surface area contributed by atoms with Gasteiger partial charge in [0.25, 0.3) is 0 Å². The van der Waals surface area contributed by atoms with Crippen molar-refractivity contribution < 1.29 is 24.0 Å². The van der Waals surface area contributed by atoms with E-state index in [1.54, 1.807) is 11.4 Å². The molecule has 0 aliphatic heterocycles. The van der Waals surface area contributed by atoms with Gasteiger partial charge in [0.2, 0.25) is 0 Å². The molecule has 1 aromatic carbocycles. The number of phenolic OH excluding ortho intramolecular Hbond substituents is 2. The molecule has 4 nitrogen and oxygen atoms in total. The summed E-state index contributed by atoms with van der Waals surface area (Å²) in [4.78, 5) is 4.06. The van der Waals surface area contributed by atoms with E-state index in [9.17, 15) is 5.11 Å². The highest BCUT2D eigenvalue weighted by Gasteiger charge is 2.05. The number of nitrogen functional groups attached to an aromatic ring is 1. The van der Waals surface area contributed by atoms with Crippen LogP contribution in [0.1, 0.15) is 1.43 Å². The molecule has 0 spiro atoms. The van der Waals surface area contributed by atoms with Gasteiger partial charge < -0.3 is 28.4 Å². The minimum atomic E-state index is -0.158. The second kappa shape index (κ2) is 4.37. The van der Waals surface area contributed by atoms with Crippen LogP contribution in [0.15, 0.2) is 23.6 Å². The Labute approximate surface area is 97.9 Å². The lowest BCUT2D eigenvalue weighted by Gasteiger charge is -1.99. The van der Waals surface area contributed by atoms with E-state index in [4.69, 9.17) is 10.8 Å². The lowest BCUT2D eigenvalue weighted by molar-refractivity contribution is -0.00000462. The Morgan fingerprint density at radius 2 is 2.00 bits per heavy atom. The zero-order valence-electron chi connectivity index (χ0n) is 8.51. The normalized spacial score (nSPS) is 9.60. The molecular formula is C9H9ClN2O2S. The van der Waals surface area contributed by atoms with Crippen LogP contribution in [-0.4, -0.2) is 15.2 Å². The fourth-order valence-electron chi connectivity index (χ4n) is 1.10. The molecule has 0 aliphatic carbocycles.